The van der Waals surface area contributed by atoms with Crippen LogP contribution in [0.1, 0.15) is 11.4 Å². The maximum atomic E-state index is 4.75. The van der Waals surface area contributed by atoms with Crippen LogP contribution >= 0.6 is 0 Å². The third kappa shape index (κ3) is 1.80. The Labute approximate surface area is 118 Å². The largest absolute Gasteiger partial charge is 0.337 e. The predicted molar refractivity (Wildman–Crippen MR) is 75.3 cm³/mol. The van der Waals surface area contributed by atoms with Gasteiger partial charge in [0.25, 0.3) is 0 Å². The van der Waals surface area contributed by atoms with Gasteiger partial charge < -0.3 is 5.32 Å². The van der Waals surface area contributed by atoms with Gasteiger partial charge in [-0.15, -0.1) is 10.2 Å². The quantitative estimate of drug-likeness (QED) is 0.600. The summed E-state index contributed by atoms with van der Waals surface area (Å²) in [5.74, 6) is 1.25. The van der Waals surface area contributed by atoms with Crippen molar-refractivity contribution in [2.45, 2.75) is 13.8 Å². The number of rotatable bonds is 2. The number of hydrogen-bond acceptors (Lipinski definition) is 7. The molecule has 104 valence electrons. The molecule has 1 N–H and O–H groups in total. The van der Waals surface area contributed by atoms with Gasteiger partial charge in [0, 0.05) is 5.69 Å². The number of anilines is 2. The highest BCUT2D eigenvalue weighted by molar-refractivity contribution is 5.79. The third-order valence-electron chi connectivity index (χ3n) is 3.24. The van der Waals surface area contributed by atoms with Crippen LogP contribution in [0.3, 0.4) is 0 Å². The van der Waals surface area contributed by atoms with Gasteiger partial charge in [0.1, 0.15) is 5.82 Å². The summed E-state index contributed by atoms with van der Waals surface area (Å²) in [6.07, 6.45) is 0. The summed E-state index contributed by atoms with van der Waals surface area (Å²) in [7, 11) is 0. The predicted octanol–water partition coefficient (Wildman–Crippen LogP) is 2.02. The zero-order valence-electron chi connectivity index (χ0n) is 11.4. The molecule has 0 radical (unpaired) electrons. The number of hydrogen-bond donors (Lipinski definition) is 1. The Kier molecular flexibility index (Phi) is 2.37. The molecule has 0 fully saturated rings. The SMILES string of the molecule is Cc1ccc(Nc2nc3nonc3n3c(C)nnc23)cc1. The van der Waals surface area contributed by atoms with Crippen LogP contribution in [0.25, 0.3) is 16.9 Å². The molecule has 3 heterocycles. The summed E-state index contributed by atoms with van der Waals surface area (Å²) in [6, 6.07) is 7.99. The molecule has 4 rings (SSSR count). The Morgan fingerprint density at radius 3 is 2.62 bits per heavy atom. The van der Waals surface area contributed by atoms with E-state index in [1.54, 1.807) is 4.40 Å². The number of nitrogens with one attached hydrogen (secondary N) is 1. The minimum absolute atomic E-state index is 0.403. The van der Waals surface area contributed by atoms with Crippen LogP contribution in [0.5, 0.6) is 0 Å². The second-order valence-electron chi connectivity index (χ2n) is 4.77. The van der Waals surface area contributed by atoms with Gasteiger partial charge in [0.15, 0.2) is 5.82 Å². The molecule has 4 aromatic rings. The smallest absolute Gasteiger partial charge is 0.244 e. The molecule has 1 aromatic carbocycles. The summed E-state index contributed by atoms with van der Waals surface area (Å²) in [5.41, 5.74) is 3.58. The summed E-state index contributed by atoms with van der Waals surface area (Å²) >= 11 is 0. The normalized spacial score (nSPS) is 11.3. The molecule has 0 aliphatic carbocycles. The molecular weight excluding hydrogens is 270 g/mol. The zero-order chi connectivity index (χ0) is 14.4. The van der Waals surface area contributed by atoms with Gasteiger partial charge in [-0.3, -0.25) is 4.40 Å². The average Bonchev–Trinajstić information content (AvgIpc) is 3.08. The molecule has 8 heteroatoms. The van der Waals surface area contributed by atoms with Crippen molar-refractivity contribution in [3.8, 4) is 0 Å². The maximum absolute atomic E-state index is 4.75. The molecule has 0 saturated carbocycles. The molecule has 0 unspecified atom stereocenters. The van der Waals surface area contributed by atoms with Crippen LogP contribution < -0.4 is 5.32 Å². The summed E-state index contributed by atoms with van der Waals surface area (Å²) in [6.45, 7) is 3.87. The monoisotopic (exact) mass is 281 g/mol. The van der Waals surface area contributed by atoms with Gasteiger partial charge in [0.2, 0.25) is 16.9 Å². The van der Waals surface area contributed by atoms with Crippen molar-refractivity contribution in [3.63, 3.8) is 0 Å². The van der Waals surface area contributed by atoms with E-state index in [4.69, 9.17) is 4.63 Å². The van der Waals surface area contributed by atoms with Crippen LogP contribution in [0.15, 0.2) is 28.9 Å². The molecule has 0 atom stereocenters. The van der Waals surface area contributed by atoms with Gasteiger partial charge in [-0.25, -0.2) is 9.61 Å². The number of aryl methyl sites for hydroxylation is 2. The Morgan fingerprint density at radius 2 is 1.81 bits per heavy atom. The molecule has 0 aliphatic rings. The van der Waals surface area contributed by atoms with Gasteiger partial charge >= 0.3 is 0 Å². The average molecular weight is 281 g/mol. The topological polar surface area (TPSA) is 94.0 Å². The lowest BCUT2D eigenvalue weighted by Crippen LogP contribution is -2.01. The minimum Gasteiger partial charge on any atom is -0.337 e. The highest BCUT2D eigenvalue weighted by atomic mass is 16.6. The zero-order valence-corrected chi connectivity index (χ0v) is 11.4. The van der Waals surface area contributed by atoms with Gasteiger partial charge in [-0.2, -0.15) is 0 Å². The first-order valence-corrected chi connectivity index (χ1v) is 6.40. The van der Waals surface area contributed by atoms with Crippen molar-refractivity contribution in [1.29, 1.82) is 0 Å². The van der Waals surface area contributed by atoms with Crippen LogP contribution in [0.2, 0.25) is 0 Å². The molecular formula is C13H11N7O. The number of fused-ring (bicyclic) bond motifs is 3. The molecule has 21 heavy (non-hydrogen) atoms. The summed E-state index contributed by atoms with van der Waals surface area (Å²) in [5, 5.41) is 19.1. The van der Waals surface area contributed by atoms with E-state index >= 15 is 0 Å². The van der Waals surface area contributed by atoms with Crippen molar-refractivity contribution in [2.24, 2.45) is 0 Å². The number of nitrogens with zero attached hydrogens (tertiary/aromatic N) is 6. The molecule has 0 aliphatic heterocycles. The first kappa shape index (κ1) is 11.8. The highest BCUT2D eigenvalue weighted by Gasteiger charge is 2.16. The lowest BCUT2D eigenvalue weighted by atomic mass is 10.2. The van der Waals surface area contributed by atoms with Crippen molar-refractivity contribution in [2.75, 3.05) is 5.32 Å². The van der Waals surface area contributed by atoms with E-state index in [0.717, 1.165) is 5.69 Å². The minimum atomic E-state index is 0.403. The lowest BCUT2D eigenvalue weighted by Gasteiger charge is -2.06. The third-order valence-corrected chi connectivity index (χ3v) is 3.24. The summed E-state index contributed by atoms with van der Waals surface area (Å²) < 4.78 is 6.51. The van der Waals surface area contributed by atoms with E-state index in [9.17, 15) is 0 Å². The van der Waals surface area contributed by atoms with E-state index in [-0.39, 0.29) is 0 Å². The first-order valence-electron chi connectivity index (χ1n) is 6.40. The first-order chi connectivity index (χ1) is 10.2. The second-order valence-corrected chi connectivity index (χ2v) is 4.77. The van der Waals surface area contributed by atoms with Gasteiger partial charge in [0.05, 0.1) is 0 Å². The van der Waals surface area contributed by atoms with Crippen molar-refractivity contribution in [1.82, 2.24) is 29.9 Å². The Morgan fingerprint density at radius 1 is 1.00 bits per heavy atom. The fourth-order valence-corrected chi connectivity index (χ4v) is 2.17. The summed E-state index contributed by atoms with van der Waals surface area (Å²) in [4.78, 5) is 4.39. The molecule has 8 nitrogen and oxygen atoms in total. The van der Waals surface area contributed by atoms with Crippen LogP contribution in [-0.4, -0.2) is 29.9 Å². The Bertz CT molecular complexity index is 938. The fourth-order valence-electron chi connectivity index (χ4n) is 2.17. The highest BCUT2D eigenvalue weighted by Crippen LogP contribution is 2.22. The lowest BCUT2D eigenvalue weighted by molar-refractivity contribution is 0.313. The van der Waals surface area contributed by atoms with Crippen LogP contribution in [0, 0.1) is 13.8 Å². The molecule has 0 spiro atoms. The van der Waals surface area contributed by atoms with Gasteiger partial charge in [-0.05, 0) is 36.3 Å². The van der Waals surface area contributed by atoms with Crippen molar-refractivity contribution in [3.05, 3.63) is 35.7 Å². The molecule has 0 amide bonds. The van der Waals surface area contributed by atoms with Gasteiger partial charge in [-0.1, -0.05) is 17.7 Å². The second kappa shape index (κ2) is 4.23. The van der Waals surface area contributed by atoms with Crippen LogP contribution in [0.4, 0.5) is 11.5 Å². The van der Waals surface area contributed by atoms with Crippen molar-refractivity contribution >= 4 is 28.4 Å². The van der Waals surface area contributed by atoms with E-state index in [2.05, 4.69) is 30.8 Å². The van der Waals surface area contributed by atoms with E-state index in [1.165, 1.54) is 5.56 Å². The molecule has 0 saturated heterocycles. The Hall–Kier alpha value is -3.03. The molecule has 3 aromatic heterocycles. The van der Waals surface area contributed by atoms with E-state index in [0.29, 0.717) is 28.6 Å². The van der Waals surface area contributed by atoms with E-state index in [1.807, 2.05) is 38.1 Å². The number of aromatic nitrogens is 6. The maximum Gasteiger partial charge on any atom is 0.244 e. The number of benzene rings is 1. The van der Waals surface area contributed by atoms with Crippen LogP contribution in [-0.2, 0) is 0 Å². The fraction of sp³-hybridized carbons (Fsp3) is 0.154. The van der Waals surface area contributed by atoms with E-state index < -0.39 is 0 Å². The van der Waals surface area contributed by atoms with Crippen molar-refractivity contribution < 1.29 is 4.63 Å². The molecule has 0 bridgehead atoms. The standard InChI is InChI=1S/C13H11N7O/c1-7-3-5-9(6-4-7)14-10-12-17-16-8(2)20(12)13-11(15-10)18-21-19-13/h3-6H,1-2H3,(H,14,15,18). The Balaban J connectivity index is 1.92.